The zero-order valence-electron chi connectivity index (χ0n) is 14.9. The second-order valence-corrected chi connectivity index (χ2v) is 7.07. The summed E-state index contributed by atoms with van der Waals surface area (Å²) in [7, 11) is 0. The van der Waals surface area contributed by atoms with Gasteiger partial charge in [-0.2, -0.15) is 0 Å². The smallest absolute Gasteiger partial charge is 0.234 e. The fourth-order valence-corrected chi connectivity index (χ4v) is 3.34. The number of benzene rings is 2. The molecule has 0 spiro atoms. The number of aryl methyl sites for hydroxylation is 3. The molecule has 0 saturated carbocycles. The average Bonchev–Trinajstić information content (AvgIpc) is 2.87. The molecule has 2 aromatic carbocycles. The second-order valence-electron chi connectivity index (χ2n) is 7.07. The van der Waals surface area contributed by atoms with Crippen molar-refractivity contribution >= 4 is 22.5 Å². The zero-order chi connectivity index (χ0) is 17.5. The number of carbonyl (C=O) groups is 1. The number of carbonyl (C=O) groups excluding carboxylic acids is 1. The normalized spacial score (nSPS) is 11.7. The van der Waals surface area contributed by atoms with E-state index in [-0.39, 0.29) is 5.91 Å². The number of hydrogen-bond donors (Lipinski definition) is 2. The van der Waals surface area contributed by atoms with Gasteiger partial charge in [-0.25, -0.2) is 0 Å². The Morgan fingerprint density at radius 2 is 1.75 bits per heavy atom. The summed E-state index contributed by atoms with van der Waals surface area (Å²) in [5.41, 5.74) is 5.61. The van der Waals surface area contributed by atoms with Gasteiger partial charge in [0.1, 0.15) is 0 Å². The molecule has 0 unspecified atom stereocenters. The minimum atomic E-state index is -0.639. The molecule has 24 heavy (non-hydrogen) atoms. The summed E-state index contributed by atoms with van der Waals surface area (Å²) in [6.45, 7) is 10.0. The Bertz CT molecular complexity index is 919. The van der Waals surface area contributed by atoms with Gasteiger partial charge in [-0.1, -0.05) is 30.3 Å². The highest BCUT2D eigenvalue weighted by Gasteiger charge is 2.34. The Morgan fingerprint density at radius 1 is 1.04 bits per heavy atom. The van der Waals surface area contributed by atoms with Crippen LogP contribution in [0.25, 0.3) is 10.9 Å². The van der Waals surface area contributed by atoms with E-state index in [9.17, 15) is 4.79 Å². The van der Waals surface area contributed by atoms with E-state index in [1.165, 1.54) is 0 Å². The third-order valence-electron chi connectivity index (χ3n) is 4.73. The summed E-state index contributed by atoms with van der Waals surface area (Å²) < 4.78 is 0. The first-order chi connectivity index (χ1) is 11.3. The number of aromatic amines is 1. The lowest BCUT2D eigenvalue weighted by Gasteiger charge is -2.25. The predicted molar refractivity (Wildman–Crippen MR) is 101 cm³/mol. The summed E-state index contributed by atoms with van der Waals surface area (Å²) in [4.78, 5) is 16.5. The molecule has 1 amide bonds. The van der Waals surface area contributed by atoms with Crippen molar-refractivity contribution in [2.45, 2.75) is 40.0 Å². The standard InChI is InChI=1S/C21H24N2O/c1-13-10-11-14(2)18(12-13)23-20(24)21(4,5)19-15(3)22-17-9-7-6-8-16(17)19/h6-12,22H,1-5H3,(H,23,24). The fraction of sp³-hybridized carbons (Fsp3) is 0.286. The van der Waals surface area contributed by atoms with Crippen molar-refractivity contribution in [2.75, 3.05) is 5.32 Å². The van der Waals surface area contributed by atoms with Crippen LogP contribution in [-0.4, -0.2) is 10.9 Å². The van der Waals surface area contributed by atoms with Crippen LogP contribution in [0.5, 0.6) is 0 Å². The molecule has 0 aliphatic heterocycles. The molecule has 0 atom stereocenters. The molecule has 1 heterocycles. The summed E-state index contributed by atoms with van der Waals surface area (Å²) in [6.07, 6.45) is 0. The predicted octanol–water partition coefficient (Wildman–Crippen LogP) is 5.01. The largest absolute Gasteiger partial charge is 0.358 e. The lowest BCUT2D eigenvalue weighted by atomic mass is 9.81. The van der Waals surface area contributed by atoms with Crippen molar-refractivity contribution in [3.05, 3.63) is 64.8 Å². The van der Waals surface area contributed by atoms with E-state index < -0.39 is 5.41 Å². The summed E-state index contributed by atoms with van der Waals surface area (Å²) >= 11 is 0. The number of hydrogen-bond acceptors (Lipinski definition) is 1. The molecule has 3 nitrogen and oxygen atoms in total. The number of amides is 1. The van der Waals surface area contributed by atoms with Crippen LogP contribution in [0.1, 0.15) is 36.2 Å². The van der Waals surface area contributed by atoms with Crippen LogP contribution in [-0.2, 0) is 10.2 Å². The van der Waals surface area contributed by atoms with Crippen molar-refractivity contribution in [2.24, 2.45) is 0 Å². The van der Waals surface area contributed by atoms with Gasteiger partial charge in [0.25, 0.3) is 0 Å². The Hall–Kier alpha value is -2.55. The summed E-state index contributed by atoms with van der Waals surface area (Å²) in [5.74, 6) is 0.00375. The molecule has 0 radical (unpaired) electrons. The van der Waals surface area contributed by atoms with Gasteiger partial charge >= 0.3 is 0 Å². The number of rotatable bonds is 3. The molecule has 1 aromatic heterocycles. The molecule has 0 aliphatic carbocycles. The maximum Gasteiger partial charge on any atom is 0.234 e. The highest BCUT2D eigenvalue weighted by molar-refractivity contribution is 6.02. The van der Waals surface area contributed by atoms with Gasteiger partial charge in [0.2, 0.25) is 5.91 Å². The molecule has 0 saturated heterocycles. The van der Waals surface area contributed by atoms with Gasteiger partial charge < -0.3 is 10.3 Å². The van der Waals surface area contributed by atoms with Crippen LogP contribution >= 0.6 is 0 Å². The van der Waals surface area contributed by atoms with Crippen molar-refractivity contribution in [3.8, 4) is 0 Å². The van der Waals surface area contributed by atoms with Gasteiger partial charge in [0.05, 0.1) is 5.41 Å². The third-order valence-corrected chi connectivity index (χ3v) is 4.73. The highest BCUT2D eigenvalue weighted by atomic mass is 16.2. The summed E-state index contributed by atoms with van der Waals surface area (Å²) in [6, 6.07) is 14.2. The Kier molecular flexibility index (Phi) is 3.96. The average molecular weight is 320 g/mol. The van der Waals surface area contributed by atoms with Crippen LogP contribution in [0.4, 0.5) is 5.69 Å². The molecule has 3 aromatic rings. The minimum absolute atomic E-state index is 0.00375. The van der Waals surface area contributed by atoms with Gasteiger partial charge in [0, 0.05) is 22.3 Å². The number of H-pyrrole nitrogens is 1. The third kappa shape index (κ3) is 2.71. The van der Waals surface area contributed by atoms with E-state index in [1.807, 2.05) is 65.0 Å². The van der Waals surface area contributed by atoms with Crippen molar-refractivity contribution in [3.63, 3.8) is 0 Å². The van der Waals surface area contributed by atoms with Crippen LogP contribution in [0.3, 0.4) is 0 Å². The van der Waals surface area contributed by atoms with E-state index in [0.717, 1.165) is 39.0 Å². The first-order valence-corrected chi connectivity index (χ1v) is 8.27. The number of anilines is 1. The summed E-state index contributed by atoms with van der Waals surface area (Å²) in [5, 5.41) is 4.23. The topological polar surface area (TPSA) is 44.9 Å². The van der Waals surface area contributed by atoms with Gasteiger partial charge in [-0.15, -0.1) is 0 Å². The van der Waals surface area contributed by atoms with E-state index in [0.29, 0.717) is 0 Å². The lowest BCUT2D eigenvalue weighted by Crippen LogP contribution is -2.35. The SMILES string of the molecule is Cc1ccc(C)c(NC(=O)C(C)(C)c2c(C)[nH]c3ccccc23)c1. The van der Waals surface area contributed by atoms with E-state index in [2.05, 4.69) is 22.4 Å². The molecular weight excluding hydrogens is 296 g/mol. The minimum Gasteiger partial charge on any atom is -0.358 e. The maximum absolute atomic E-state index is 13.1. The molecule has 3 heteroatoms. The fourth-order valence-electron chi connectivity index (χ4n) is 3.34. The van der Waals surface area contributed by atoms with Crippen LogP contribution in [0, 0.1) is 20.8 Å². The second kappa shape index (κ2) is 5.82. The van der Waals surface area contributed by atoms with E-state index >= 15 is 0 Å². The van der Waals surface area contributed by atoms with E-state index in [1.54, 1.807) is 0 Å². The van der Waals surface area contributed by atoms with E-state index in [4.69, 9.17) is 0 Å². The van der Waals surface area contributed by atoms with Crippen molar-refractivity contribution in [1.29, 1.82) is 0 Å². The highest BCUT2D eigenvalue weighted by Crippen LogP contribution is 2.34. The molecule has 0 aliphatic rings. The number of aromatic nitrogens is 1. The molecule has 0 bridgehead atoms. The van der Waals surface area contributed by atoms with Crippen molar-refractivity contribution in [1.82, 2.24) is 4.98 Å². The van der Waals surface area contributed by atoms with Crippen LogP contribution in [0.15, 0.2) is 42.5 Å². The Morgan fingerprint density at radius 3 is 2.50 bits per heavy atom. The molecule has 2 N–H and O–H groups in total. The number of para-hydroxylation sites is 1. The van der Waals surface area contributed by atoms with Crippen molar-refractivity contribution < 1.29 is 4.79 Å². The number of nitrogens with one attached hydrogen (secondary N) is 2. The van der Waals surface area contributed by atoms with Crippen LogP contribution in [0.2, 0.25) is 0 Å². The lowest BCUT2D eigenvalue weighted by molar-refractivity contribution is -0.120. The first kappa shape index (κ1) is 16.3. The Balaban J connectivity index is 2.01. The maximum atomic E-state index is 13.1. The van der Waals surface area contributed by atoms with Gasteiger partial charge in [-0.3, -0.25) is 4.79 Å². The quantitative estimate of drug-likeness (QED) is 0.700. The molecule has 3 rings (SSSR count). The number of fused-ring (bicyclic) bond motifs is 1. The van der Waals surface area contributed by atoms with Gasteiger partial charge in [0.15, 0.2) is 0 Å². The molecule has 0 fully saturated rings. The van der Waals surface area contributed by atoms with Crippen LogP contribution < -0.4 is 5.32 Å². The zero-order valence-corrected chi connectivity index (χ0v) is 14.9. The molecular formula is C21H24N2O. The Labute approximate surface area is 143 Å². The molecule has 124 valence electrons. The first-order valence-electron chi connectivity index (χ1n) is 8.27. The monoisotopic (exact) mass is 320 g/mol. The van der Waals surface area contributed by atoms with Gasteiger partial charge in [-0.05, 0) is 63.4 Å².